The highest BCUT2D eigenvalue weighted by Gasteiger charge is 2.21. The van der Waals surface area contributed by atoms with Crippen LogP contribution in [-0.2, 0) is 0 Å². The predicted molar refractivity (Wildman–Crippen MR) is 180 cm³/mol. The van der Waals surface area contributed by atoms with E-state index in [9.17, 15) is 0 Å². The first-order valence-corrected chi connectivity index (χ1v) is 14.7. The monoisotopic (exact) mass is 548 g/mol. The third-order valence-electron chi connectivity index (χ3n) is 9.06. The first-order chi connectivity index (χ1) is 21.3. The van der Waals surface area contributed by atoms with Crippen LogP contribution in [-0.4, -0.2) is 9.13 Å². The number of hydrogen-bond donors (Lipinski definition) is 0. The van der Waals surface area contributed by atoms with Gasteiger partial charge in [0.1, 0.15) is 11.2 Å². The fourth-order valence-electron chi connectivity index (χ4n) is 7.22. The van der Waals surface area contributed by atoms with Crippen molar-refractivity contribution in [3.05, 3.63) is 146 Å². The molecular formula is C40H24N2O. The van der Waals surface area contributed by atoms with E-state index in [1.165, 1.54) is 54.4 Å². The molecule has 7 aromatic carbocycles. The van der Waals surface area contributed by atoms with Gasteiger partial charge in [0.25, 0.3) is 0 Å². The minimum absolute atomic E-state index is 0.904. The summed E-state index contributed by atoms with van der Waals surface area (Å²) in [6, 6.07) is 52.3. The maximum Gasteiger partial charge on any atom is 0.136 e. The minimum Gasteiger partial charge on any atom is -0.456 e. The second kappa shape index (κ2) is 8.37. The Kier molecular flexibility index (Phi) is 4.45. The second-order valence-corrected chi connectivity index (χ2v) is 11.4. The summed E-state index contributed by atoms with van der Waals surface area (Å²) in [7, 11) is 0. The van der Waals surface area contributed by atoms with Crippen molar-refractivity contribution in [1.29, 1.82) is 0 Å². The largest absolute Gasteiger partial charge is 0.456 e. The van der Waals surface area contributed by atoms with Crippen LogP contribution in [0.3, 0.4) is 0 Å². The molecule has 3 nitrogen and oxygen atoms in total. The van der Waals surface area contributed by atoms with Gasteiger partial charge in [0.2, 0.25) is 0 Å². The Morgan fingerprint density at radius 1 is 0.372 bits per heavy atom. The van der Waals surface area contributed by atoms with Gasteiger partial charge in [0.05, 0.1) is 22.1 Å². The first kappa shape index (κ1) is 22.8. The zero-order valence-electron chi connectivity index (χ0n) is 23.2. The summed E-state index contributed by atoms with van der Waals surface area (Å²) >= 11 is 0. The van der Waals surface area contributed by atoms with Crippen molar-refractivity contribution in [2.24, 2.45) is 0 Å². The number of furan rings is 1. The standard InChI is InChI=1S/C40H24N2O/c1-2-12-27(13-3-1)42-34-16-8-6-14-29(34)30-19-20-36-39(40(30)42)31-15-7-9-17-35(31)41(36)28-18-21-37-33(24-28)32-22-25-10-4-5-11-26(25)23-38(32)43-37/h1-24H. The zero-order chi connectivity index (χ0) is 28.1. The van der Waals surface area contributed by atoms with Gasteiger partial charge in [-0.15, -0.1) is 0 Å². The van der Waals surface area contributed by atoms with Gasteiger partial charge in [-0.2, -0.15) is 0 Å². The summed E-state index contributed by atoms with van der Waals surface area (Å²) in [5.74, 6) is 0. The quantitative estimate of drug-likeness (QED) is 0.211. The fourth-order valence-corrected chi connectivity index (χ4v) is 7.22. The van der Waals surface area contributed by atoms with Crippen LogP contribution in [0.15, 0.2) is 150 Å². The van der Waals surface area contributed by atoms with E-state index < -0.39 is 0 Å². The molecule has 0 saturated carbocycles. The molecule has 43 heavy (non-hydrogen) atoms. The van der Waals surface area contributed by atoms with Crippen LogP contribution in [0.2, 0.25) is 0 Å². The molecule has 0 radical (unpaired) electrons. The van der Waals surface area contributed by atoms with Crippen LogP contribution in [0.1, 0.15) is 0 Å². The molecule has 0 aliphatic carbocycles. The fraction of sp³-hybridized carbons (Fsp3) is 0. The van der Waals surface area contributed by atoms with Gasteiger partial charge in [0.15, 0.2) is 0 Å². The van der Waals surface area contributed by atoms with Gasteiger partial charge < -0.3 is 13.6 Å². The van der Waals surface area contributed by atoms with E-state index in [-0.39, 0.29) is 0 Å². The third kappa shape index (κ3) is 3.08. The van der Waals surface area contributed by atoms with Crippen molar-refractivity contribution in [3.8, 4) is 11.4 Å². The van der Waals surface area contributed by atoms with Gasteiger partial charge in [0, 0.05) is 43.7 Å². The van der Waals surface area contributed by atoms with Gasteiger partial charge in [-0.1, -0.05) is 84.9 Å². The average molecular weight is 549 g/mol. The van der Waals surface area contributed by atoms with Gasteiger partial charge in [-0.05, 0) is 71.4 Å². The molecule has 0 spiro atoms. The lowest BCUT2D eigenvalue weighted by Gasteiger charge is -2.10. The van der Waals surface area contributed by atoms with Crippen LogP contribution >= 0.6 is 0 Å². The molecule has 3 heteroatoms. The van der Waals surface area contributed by atoms with Crippen LogP contribution in [0.4, 0.5) is 0 Å². The number of fused-ring (bicyclic) bond motifs is 11. The number of benzene rings is 7. The van der Waals surface area contributed by atoms with Crippen molar-refractivity contribution in [2.75, 3.05) is 0 Å². The van der Waals surface area contributed by atoms with Crippen molar-refractivity contribution in [2.45, 2.75) is 0 Å². The van der Waals surface area contributed by atoms with Crippen molar-refractivity contribution in [3.63, 3.8) is 0 Å². The molecule has 0 aliphatic rings. The highest BCUT2D eigenvalue weighted by atomic mass is 16.3. The van der Waals surface area contributed by atoms with Crippen LogP contribution in [0.5, 0.6) is 0 Å². The Balaban J connectivity index is 1.34. The lowest BCUT2D eigenvalue weighted by atomic mass is 10.1. The molecule has 3 aromatic heterocycles. The number of rotatable bonds is 2. The molecule has 10 rings (SSSR count). The molecule has 10 aromatic rings. The van der Waals surface area contributed by atoms with Crippen LogP contribution < -0.4 is 0 Å². The topological polar surface area (TPSA) is 23.0 Å². The Bertz CT molecular complexity index is 2720. The summed E-state index contributed by atoms with van der Waals surface area (Å²) in [4.78, 5) is 0. The maximum atomic E-state index is 6.35. The van der Waals surface area contributed by atoms with Gasteiger partial charge in [-0.25, -0.2) is 0 Å². The first-order valence-electron chi connectivity index (χ1n) is 14.7. The normalized spacial score (nSPS) is 12.2. The summed E-state index contributed by atoms with van der Waals surface area (Å²) in [6.45, 7) is 0. The lowest BCUT2D eigenvalue weighted by molar-refractivity contribution is 0.669. The Morgan fingerprint density at radius 3 is 1.88 bits per heavy atom. The van der Waals surface area contributed by atoms with Crippen LogP contribution in [0, 0.1) is 0 Å². The van der Waals surface area contributed by atoms with E-state index in [4.69, 9.17) is 4.42 Å². The van der Waals surface area contributed by atoms with E-state index in [1.807, 2.05) is 0 Å². The van der Waals surface area contributed by atoms with E-state index in [0.717, 1.165) is 33.3 Å². The molecule has 200 valence electrons. The lowest BCUT2D eigenvalue weighted by Crippen LogP contribution is -1.95. The Labute approximate surface area is 246 Å². The minimum atomic E-state index is 0.904. The van der Waals surface area contributed by atoms with E-state index in [2.05, 4.69) is 155 Å². The molecule has 0 bridgehead atoms. The molecule has 3 heterocycles. The predicted octanol–water partition coefficient (Wildman–Crippen LogP) is 10.9. The summed E-state index contributed by atoms with van der Waals surface area (Å²) in [6.07, 6.45) is 0. The summed E-state index contributed by atoms with van der Waals surface area (Å²) in [5, 5.41) is 9.70. The zero-order valence-corrected chi connectivity index (χ0v) is 23.2. The molecule has 0 amide bonds. The van der Waals surface area contributed by atoms with Crippen LogP contribution in [0.25, 0.3) is 87.7 Å². The third-order valence-corrected chi connectivity index (χ3v) is 9.06. The molecule has 0 aliphatic heterocycles. The number of nitrogens with zero attached hydrogens (tertiary/aromatic N) is 2. The summed E-state index contributed by atoms with van der Waals surface area (Å²) < 4.78 is 11.2. The highest BCUT2D eigenvalue weighted by molar-refractivity contribution is 6.26. The molecule has 0 saturated heterocycles. The molecular weight excluding hydrogens is 524 g/mol. The van der Waals surface area contributed by atoms with E-state index in [0.29, 0.717) is 0 Å². The molecule has 0 N–H and O–H groups in total. The SMILES string of the molecule is c1ccc(-n2c3ccccc3c3ccc4c(c5ccccc5n4-c4ccc5oc6cc7ccccc7cc6c5c4)c32)cc1. The van der Waals surface area contributed by atoms with Crippen molar-refractivity contribution in [1.82, 2.24) is 9.13 Å². The maximum absolute atomic E-state index is 6.35. The Morgan fingerprint density at radius 2 is 1.05 bits per heavy atom. The Hall–Kier alpha value is -5.80. The second-order valence-electron chi connectivity index (χ2n) is 11.4. The number of hydrogen-bond acceptors (Lipinski definition) is 1. The van der Waals surface area contributed by atoms with Crippen molar-refractivity contribution >= 4 is 76.3 Å². The number of aromatic nitrogens is 2. The molecule has 0 unspecified atom stereocenters. The molecule has 0 fully saturated rings. The van der Waals surface area contributed by atoms with Gasteiger partial charge in [-0.3, -0.25) is 0 Å². The van der Waals surface area contributed by atoms with E-state index >= 15 is 0 Å². The molecule has 0 atom stereocenters. The highest BCUT2D eigenvalue weighted by Crippen LogP contribution is 2.42. The summed E-state index contributed by atoms with van der Waals surface area (Å²) in [5.41, 5.74) is 8.93. The average Bonchev–Trinajstić information content (AvgIpc) is 3.71. The van der Waals surface area contributed by atoms with Crippen molar-refractivity contribution < 1.29 is 4.42 Å². The number of para-hydroxylation sites is 3. The smallest absolute Gasteiger partial charge is 0.136 e. The van der Waals surface area contributed by atoms with Gasteiger partial charge >= 0.3 is 0 Å². The van der Waals surface area contributed by atoms with E-state index in [1.54, 1.807) is 0 Å².